The van der Waals surface area contributed by atoms with Crippen LogP contribution >= 0.6 is 7.60 Å². The maximum atomic E-state index is 13.6. The van der Waals surface area contributed by atoms with Crippen LogP contribution in [0.15, 0.2) is 54.6 Å². The molecule has 0 saturated heterocycles. The van der Waals surface area contributed by atoms with Gasteiger partial charge in [0.25, 0.3) is 5.91 Å². The molecule has 8 nitrogen and oxygen atoms in total. The predicted molar refractivity (Wildman–Crippen MR) is 115 cm³/mol. The third-order valence-electron chi connectivity index (χ3n) is 4.74. The van der Waals surface area contributed by atoms with E-state index in [2.05, 4.69) is 5.32 Å². The molecule has 0 fully saturated rings. The lowest BCUT2D eigenvalue weighted by Gasteiger charge is -2.36. The number of methoxy groups -OCH3 is 1. The van der Waals surface area contributed by atoms with Crippen LogP contribution in [0.1, 0.15) is 15.9 Å². The fraction of sp³-hybridized carbons (Fsp3) is 0.333. The summed E-state index contributed by atoms with van der Waals surface area (Å²) in [6.07, 6.45) is -0.162. The van der Waals surface area contributed by atoms with Crippen LogP contribution in [0.5, 0.6) is 0 Å². The maximum absolute atomic E-state index is 13.6. The van der Waals surface area contributed by atoms with E-state index in [1.54, 1.807) is 42.5 Å². The predicted octanol–water partition coefficient (Wildman–Crippen LogP) is 3.08. The van der Waals surface area contributed by atoms with Gasteiger partial charge in [-0.25, -0.2) is 4.79 Å². The molecule has 162 valence electrons. The molecule has 0 radical (unpaired) electrons. The number of benzene rings is 2. The fourth-order valence-corrected chi connectivity index (χ4v) is 4.76. The number of carbonyl (C=O) groups excluding carboxylic acids is 2. The van der Waals surface area contributed by atoms with E-state index >= 15 is 0 Å². The van der Waals surface area contributed by atoms with Crippen LogP contribution < -0.4 is 10.2 Å². The zero-order valence-electron chi connectivity index (χ0n) is 17.7. The second kappa shape index (κ2) is 9.89. The first-order chi connectivity index (χ1) is 14.2. The molecule has 2 rings (SSSR count). The Kier molecular flexibility index (Phi) is 7.78. The third kappa shape index (κ3) is 4.73. The third-order valence-corrected chi connectivity index (χ3v) is 7.09. The summed E-state index contributed by atoms with van der Waals surface area (Å²) in [5.74, 6) is -1.55. The SMILES string of the molecule is COC(=O)[C@](Cc1ccc(N(C)C)cc1)(NC(=O)c1ccccc1)P(=O)(OC)OC. The van der Waals surface area contributed by atoms with Crippen LogP contribution in [0.2, 0.25) is 0 Å². The lowest BCUT2D eigenvalue weighted by atomic mass is 10.0. The highest BCUT2D eigenvalue weighted by molar-refractivity contribution is 7.56. The molecule has 0 saturated carbocycles. The van der Waals surface area contributed by atoms with Crippen molar-refractivity contribution in [2.45, 2.75) is 11.7 Å². The van der Waals surface area contributed by atoms with E-state index in [9.17, 15) is 14.2 Å². The van der Waals surface area contributed by atoms with Crippen LogP contribution in [-0.4, -0.2) is 52.6 Å². The second-order valence-electron chi connectivity index (χ2n) is 6.77. The molecule has 0 spiro atoms. The second-order valence-corrected chi connectivity index (χ2v) is 9.26. The Balaban J connectivity index is 2.57. The van der Waals surface area contributed by atoms with Crippen molar-refractivity contribution in [3.8, 4) is 0 Å². The Hall–Kier alpha value is -2.67. The average molecular weight is 434 g/mol. The van der Waals surface area contributed by atoms with Gasteiger partial charge in [-0.3, -0.25) is 9.36 Å². The number of nitrogens with one attached hydrogen (secondary N) is 1. The molecule has 0 bridgehead atoms. The normalized spacial score (nSPS) is 13.2. The van der Waals surface area contributed by atoms with E-state index in [4.69, 9.17) is 13.8 Å². The van der Waals surface area contributed by atoms with Gasteiger partial charge in [-0.15, -0.1) is 0 Å². The minimum atomic E-state index is -4.18. The molecular formula is C21H27N2O6P. The van der Waals surface area contributed by atoms with Crippen LogP contribution in [0.3, 0.4) is 0 Å². The van der Waals surface area contributed by atoms with Crippen molar-refractivity contribution >= 4 is 25.2 Å². The Labute approximate surface area is 176 Å². The minimum absolute atomic E-state index is 0.162. The van der Waals surface area contributed by atoms with Crippen molar-refractivity contribution in [2.75, 3.05) is 40.3 Å². The smallest absolute Gasteiger partial charge is 0.367 e. The largest absolute Gasteiger partial charge is 0.467 e. The molecule has 2 aromatic carbocycles. The number of carbonyl (C=O) groups is 2. The van der Waals surface area contributed by atoms with Crippen LogP contribution in [0.4, 0.5) is 5.69 Å². The zero-order chi connectivity index (χ0) is 22.4. The molecule has 1 N–H and O–H groups in total. The van der Waals surface area contributed by atoms with E-state index < -0.39 is 24.8 Å². The van der Waals surface area contributed by atoms with E-state index in [0.717, 1.165) is 27.0 Å². The van der Waals surface area contributed by atoms with Gasteiger partial charge in [0.15, 0.2) is 0 Å². The molecule has 9 heteroatoms. The lowest BCUT2D eigenvalue weighted by Crippen LogP contribution is -2.56. The van der Waals surface area contributed by atoms with Crippen molar-refractivity contribution in [3.63, 3.8) is 0 Å². The zero-order valence-corrected chi connectivity index (χ0v) is 18.6. The molecule has 0 aliphatic rings. The number of nitrogens with zero attached hydrogens (tertiary/aromatic N) is 1. The summed E-state index contributed by atoms with van der Waals surface area (Å²) in [5, 5.41) is 0.503. The van der Waals surface area contributed by atoms with E-state index in [1.165, 1.54) is 0 Å². The Bertz CT molecular complexity index is 909. The Morgan fingerprint density at radius 3 is 2.00 bits per heavy atom. The lowest BCUT2D eigenvalue weighted by molar-refractivity contribution is -0.145. The number of hydrogen-bond donors (Lipinski definition) is 1. The van der Waals surface area contributed by atoms with Gasteiger partial charge in [-0.2, -0.15) is 0 Å². The molecule has 1 amide bonds. The number of esters is 1. The summed E-state index contributed by atoms with van der Waals surface area (Å²) in [7, 11) is 3.09. The molecule has 2 aromatic rings. The van der Waals surface area contributed by atoms with Crippen molar-refractivity contribution < 1.29 is 27.9 Å². The van der Waals surface area contributed by atoms with Crippen molar-refractivity contribution in [1.82, 2.24) is 5.32 Å². The van der Waals surface area contributed by atoms with Crippen molar-refractivity contribution in [3.05, 3.63) is 65.7 Å². The fourth-order valence-electron chi connectivity index (χ4n) is 3.06. The van der Waals surface area contributed by atoms with Gasteiger partial charge >= 0.3 is 13.6 Å². The summed E-state index contributed by atoms with van der Waals surface area (Å²) < 4.78 is 28.8. The quantitative estimate of drug-likeness (QED) is 0.479. The van der Waals surface area contributed by atoms with Gasteiger partial charge in [0.1, 0.15) is 0 Å². The minimum Gasteiger partial charge on any atom is -0.467 e. The molecule has 0 heterocycles. The molecule has 0 aromatic heterocycles. The first-order valence-electron chi connectivity index (χ1n) is 9.17. The van der Waals surface area contributed by atoms with Crippen LogP contribution in [-0.2, 0) is 29.6 Å². The van der Waals surface area contributed by atoms with E-state index in [-0.39, 0.29) is 12.0 Å². The van der Waals surface area contributed by atoms with Gasteiger partial charge in [0.2, 0.25) is 5.28 Å². The summed E-state index contributed by atoms with van der Waals surface area (Å²) in [5.41, 5.74) is 1.86. The average Bonchev–Trinajstić information content (AvgIpc) is 2.78. The van der Waals surface area contributed by atoms with Crippen molar-refractivity contribution in [1.29, 1.82) is 0 Å². The van der Waals surface area contributed by atoms with Crippen molar-refractivity contribution in [2.24, 2.45) is 0 Å². The molecule has 0 aliphatic carbocycles. The molecule has 30 heavy (non-hydrogen) atoms. The van der Waals surface area contributed by atoms with Crippen LogP contribution in [0, 0.1) is 0 Å². The standard InChI is InChI=1S/C21H27N2O6P/c1-23(2)18-13-11-16(12-14-18)15-21(20(25)27-3,30(26,28-4)29-5)22-19(24)17-9-7-6-8-10-17/h6-14H,15H2,1-5H3,(H,22,24)/t21-/m1/s1. The van der Waals surface area contributed by atoms with E-state index in [0.29, 0.717) is 5.56 Å². The number of amides is 1. The number of rotatable bonds is 9. The first-order valence-corrected chi connectivity index (χ1v) is 10.7. The van der Waals surface area contributed by atoms with Gasteiger partial charge < -0.3 is 24.0 Å². The monoisotopic (exact) mass is 434 g/mol. The molecule has 1 atom stereocenters. The maximum Gasteiger partial charge on any atom is 0.367 e. The van der Waals surface area contributed by atoms with Gasteiger partial charge in [0.05, 0.1) is 7.11 Å². The number of hydrogen-bond acceptors (Lipinski definition) is 7. The van der Waals surface area contributed by atoms with Crippen LogP contribution in [0.25, 0.3) is 0 Å². The molecule has 0 aliphatic heterocycles. The summed E-state index contributed by atoms with van der Waals surface area (Å²) in [6.45, 7) is 0. The topological polar surface area (TPSA) is 94.2 Å². The highest BCUT2D eigenvalue weighted by Crippen LogP contribution is 2.59. The first kappa shape index (κ1) is 23.6. The summed E-state index contributed by atoms with van der Waals surface area (Å²) in [4.78, 5) is 27.8. The molecule has 0 unspecified atom stereocenters. The summed E-state index contributed by atoms with van der Waals surface area (Å²) >= 11 is 0. The van der Waals surface area contributed by atoms with Gasteiger partial charge in [0, 0.05) is 46.0 Å². The Morgan fingerprint density at radius 2 is 1.53 bits per heavy atom. The van der Waals surface area contributed by atoms with Gasteiger partial charge in [-0.05, 0) is 29.8 Å². The number of anilines is 1. The number of ether oxygens (including phenoxy) is 1. The molecular weight excluding hydrogens is 407 g/mol. The highest BCUT2D eigenvalue weighted by atomic mass is 31.2. The van der Waals surface area contributed by atoms with Gasteiger partial charge in [-0.1, -0.05) is 30.3 Å². The Morgan fingerprint density at radius 1 is 0.967 bits per heavy atom. The highest BCUT2D eigenvalue weighted by Gasteiger charge is 2.58. The summed E-state index contributed by atoms with van der Waals surface area (Å²) in [6, 6.07) is 15.5. The van der Waals surface area contributed by atoms with E-state index in [1.807, 2.05) is 31.1 Å².